The van der Waals surface area contributed by atoms with E-state index in [2.05, 4.69) is 0 Å². The molecule has 0 fully saturated rings. The predicted octanol–water partition coefficient (Wildman–Crippen LogP) is 4.38. The van der Waals surface area contributed by atoms with E-state index >= 15 is 0 Å². The molecule has 2 rings (SSSR count). The molecule has 0 saturated carbocycles. The number of halogens is 5. The predicted molar refractivity (Wildman–Crippen MR) is 91.4 cm³/mol. The summed E-state index contributed by atoms with van der Waals surface area (Å²) in [6.45, 7) is 0. The molecular weight excluding hydrogens is 418 g/mol. The van der Waals surface area contributed by atoms with E-state index in [4.69, 9.17) is 0 Å². The summed E-state index contributed by atoms with van der Waals surface area (Å²) in [6, 6.07) is 16.8. The first-order valence-electron chi connectivity index (χ1n) is 7.37. The van der Waals surface area contributed by atoms with Gasteiger partial charge in [-0.2, -0.15) is 0 Å². The Labute approximate surface area is 153 Å². The molecule has 0 heterocycles. The van der Waals surface area contributed by atoms with Crippen LogP contribution in [0.25, 0.3) is 6.08 Å². The average Bonchev–Trinajstić information content (AvgIpc) is 2.61. The quantitative estimate of drug-likeness (QED) is 0.287. The van der Waals surface area contributed by atoms with Crippen molar-refractivity contribution in [1.82, 2.24) is 0 Å². The van der Waals surface area contributed by atoms with Gasteiger partial charge in [-0.15, -0.1) is 0 Å². The minimum atomic E-state index is -5.93. The van der Waals surface area contributed by atoms with Crippen LogP contribution in [0.2, 0.25) is 0 Å². The summed E-state index contributed by atoms with van der Waals surface area (Å²) in [7, 11) is 0. The molecule has 0 bridgehead atoms. The summed E-state index contributed by atoms with van der Waals surface area (Å²) in [5, 5.41) is 0. The maximum absolute atomic E-state index is 13.5. The summed E-state index contributed by atoms with van der Waals surface area (Å²) < 4.78 is 64.6. The van der Waals surface area contributed by atoms with Crippen LogP contribution in [-0.2, 0) is 4.79 Å². The number of hydrogen-bond donors (Lipinski definition) is 0. The van der Waals surface area contributed by atoms with E-state index < -0.39 is 37.3 Å². The molecule has 0 aliphatic carbocycles. The van der Waals surface area contributed by atoms with Gasteiger partial charge in [0.25, 0.3) is 0 Å². The van der Waals surface area contributed by atoms with E-state index in [9.17, 15) is 26.7 Å². The number of carbonyl (C=O) groups is 1. The van der Waals surface area contributed by atoms with E-state index in [1.165, 1.54) is 12.2 Å². The van der Waals surface area contributed by atoms with Gasteiger partial charge >= 0.3 is 153 Å². The van der Waals surface area contributed by atoms with Gasteiger partial charge in [-0.25, -0.2) is 0 Å². The van der Waals surface area contributed by atoms with Crippen molar-refractivity contribution in [2.45, 2.75) is 12.1 Å². The van der Waals surface area contributed by atoms with Crippen LogP contribution >= 0.6 is 0 Å². The van der Waals surface area contributed by atoms with Gasteiger partial charge in [0.05, 0.1) is 0 Å². The van der Waals surface area contributed by atoms with Crippen molar-refractivity contribution in [2.24, 2.45) is 0 Å². The molecule has 0 unspecified atom stereocenters. The molecule has 0 radical (unpaired) electrons. The van der Waals surface area contributed by atoms with Crippen molar-refractivity contribution in [2.75, 3.05) is 0 Å². The topological polar surface area (TPSA) is 17.1 Å². The normalized spacial score (nSPS) is 13.2. The third-order valence-electron chi connectivity index (χ3n) is 3.17. The number of ketones is 1. The Bertz CT molecular complexity index is 796. The van der Waals surface area contributed by atoms with Crippen molar-refractivity contribution in [3.05, 3.63) is 82.9 Å². The van der Waals surface area contributed by atoms with Gasteiger partial charge in [0.15, 0.2) is 0 Å². The third kappa shape index (κ3) is 5.13. The number of benzene rings is 2. The Morgan fingerprint density at radius 2 is 1.38 bits per heavy atom. The molecule has 26 heavy (non-hydrogen) atoms. The van der Waals surface area contributed by atoms with Crippen molar-refractivity contribution in [1.29, 1.82) is 0 Å². The molecule has 2 aromatic carbocycles. The molecule has 0 spiro atoms. The number of alkyl halides is 5. The molecule has 1 nitrogen and oxygen atoms in total. The molecule has 136 valence electrons. The van der Waals surface area contributed by atoms with E-state index in [0.717, 1.165) is 11.6 Å². The van der Waals surface area contributed by atoms with Crippen molar-refractivity contribution >= 4 is 31.3 Å². The van der Waals surface area contributed by atoms with Gasteiger partial charge in [-0.1, -0.05) is 0 Å². The molecule has 0 N–H and O–H groups in total. The van der Waals surface area contributed by atoms with E-state index in [1.807, 2.05) is 0 Å². The zero-order valence-corrected chi connectivity index (χ0v) is 14.9. The minimum absolute atomic E-state index is 0.519. The van der Waals surface area contributed by atoms with Gasteiger partial charge < -0.3 is 0 Å². The number of allylic oxidation sites excluding steroid dienone is 3. The fourth-order valence-corrected chi connectivity index (χ4v) is 3.78. The van der Waals surface area contributed by atoms with Crippen LogP contribution in [0.4, 0.5) is 22.0 Å². The van der Waals surface area contributed by atoms with Crippen LogP contribution in [-0.4, -0.2) is 32.8 Å². The van der Waals surface area contributed by atoms with Crippen LogP contribution in [0.5, 0.6) is 0 Å². The molecule has 0 aromatic heterocycles. The molecule has 2 aromatic rings. The Hall–Kier alpha value is -2.24. The Morgan fingerprint density at radius 3 is 1.92 bits per heavy atom. The monoisotopic (exact) mass is 432 g/mol. The first-order chi connectivity index (χ1) is 12.2. The number of carbonyl (C=O) groups excluding carboxylic acids is 1. The zero-order chi connectivity index (χ0) is 19.2. The Morgan fingerprint density at radius 1 is 0.846 bits per heavy atom. The summed E-state index contributed by atoms with van der Waals surface area (Å²) in [6.07, 6.45) is -2.07. The summed E-state index contributed by atoms with van der Waals surface area (Å²) in [5.74, 6) is -7.64. The molecule has 0 aliphatic rings. The second-order valence-electron chi connectivity index (χ2n) is 5.12. The van der Waals surface area contributed by atoms with E-state index in [1.54, 1.807) is 60.7 Å². The molecule has 0 amide bonds. The fourth-order valence-electron chi connectivity index (χ4n) is 1.87. The summed E-state index contributed by atoms with van der Waals surface area (Å²) in [5.41, 5.74) is 0.727. The van der Waals surface area contributed by atoms with Gasteiger partial charge in [-0.05, 0) is 0 Å². The van der Waals surface area contributed by atoms with Gasteiger partial charge in [-0.3, -0.25) is 0 Å². The van der Waals surface area contributed by atoms with Crippen molar-refractivity contribution < 1.29 is 26.7 Å². The average molecular weight is 431 g/mol. The standard InChI is InChI=1S/C19H13F5OSe/c20-18(21,19(22,23)24)17(25)16(26-15-11-5-2-6-12-15)13-7-10-14-8-3-1-4-9-14/h1-13H/b10-7+,16-13-. The number of hydrogen-bond acceptors (Lipinski definition) is 1. The SMILES string of the molecule is O=C(/C(=C/C=C/c1ccccc1)[Se]c1ccccc1)C(F)(F)C(F)(F)F. The van der Waals surface area contributed by atoms with E-state index in [-0.39, 0.29) is 0 Å². The van der Waals surface area contributed by atoms with Crippen LogP contribution in [0.3, 0.4) is 0 Å². The zero-order valence-electron chi connectivity index (χ0n) is 13.2. The Balaban J connectivity index is 2.34. The van der Waals surface area contributed by atoms with Crippen LogP contribution in [0.15, 0.2) is 77.3 Å². The molecule has 0 atom stereocenters. The molecule has 0 aliphatic heterocycles. The van der Waals surface area contributed by atoms with Gasteiger partial charge in [0, 0.05) is 0 Å². The molecule has 7 heteroatoms. The second-order valence-corrected chi connectivity index (χ2v) is 7.46. The van der Waals surface area contributed by atoms with Crippen molar-refractivity contribution in [3.63, 3.8) is 0 Å². The van der Waals surface area contributed by atoms with Crippen LogP contribution < -0.4 is 4.46 Å². The van der Waals surface area contributed by atoms with Crippen molar-refractivity contribution in [3.8, 4) is 0 Å². The number of rotatable bonds is 6. The fraction of sp³-hybridized carbons (Fsp3) is 0.105. The molecular formula is C19H13F5OSe. The van der Waals surface area contributed by atoms with Gasteiger partial charge in [0.2, 0.25) is 0 Å². The second kappa shape index (κ2) is 8.43. The van der Waals surface area contributed by atoms with Crippen LogP contribution in [0.1, 0.15) is 5.56 Å². The molecule has 0 saturated heterocycles. The first kappa shape index (κ1) is 20.1. The van der Waals surface area contributed by atoms with Gasteiger partial charge in [0.1, 0.15) is 0 Å². The Kier molecular flexibility index (Phi) is 6.51. The third-order valence-corrected chi connectivity index (χ3v) is 5.37. The van der Waals surface area contributed by atoms with E-state index in [0.29, 0.717) is 4.46 Å². The summed E-state index contributed by atoms with van der Waals surface area (Å²) >= 11 is -0.992. The number of Topliss-reactive ketones (excluding diaryl/α,β-unsaturated/α-hetero) is 1. The van der Waals surface area contributed by atoms with Crippen LogP contribution in [0, 0.1) is 0 Å². The summed E-state index contributed by atoms with van der Waals surface area (Å²) in [4.78, 5) is 11.9. The maximum atomic E-state index is 13.5. The first-order valence-corrected chi connectivity index (χ1v) is 9.09.